The molecule has 0 aromatic carbocycles. The minimum absolute atomic E-state index is 0.567. The van der Waals surface area contributed by atoms with Gasteiger partial charge in [0.2, 0.25) is 0 Å². The molecule has 0 aliphatic carbocycles. The molecule has 3 nitrogen and oxygen atoms in total. The normalized spacial score (nSPS) is 22.1. The topological polar surface area (TPSA) is 42.1 Å². The van der Waals surface area contributed by atoms with Crippen molar-refractivity contribution in [2.75, 3.05) is 13.1 Å². The average Bonchev–Trinajstić information content (AvgIpc) is 2.65. The van der Waals surface area contributed by atoms with Crippen LogP contribution < -0.4 is 5.73 Å². The molecule has 1 fully saturated rings. The molecule has 1 aromatic heterocycles. The molecule has 1 atom stereocenters. The lowest BCUT2D eigenvalue weighted by atomic mass is 10.2. The van der Waals surface area contributed by atoms with E-state index < -0.39 is 0 Å². The van der Waals surface area contributed by atoms with E-state index in [-0.39, 0.29) is 0 Å². The number of pyridine rings is 1. The summed E-state index contributed by atoms with van der Waals surface area (Å²) in [6.07, 6.45) is 4.35. The van der Waals surface area contributed by atoms with Crippen LogP contribution in [0, 0.1) is 0 Å². The van der Waals surface area contributed by atoms with E-state index in [0.29, 0.717) is 6.04 Å². The monoisotopic (exact) mass is 269 g/mol. The maximum absolute atomic E-state index is 5.74. The van der Waals surface area contributed by atoms with Crippen LogP contribution >= 0.6 is 15.9 Å². The first-order valence-electron chi connectivity index (χ1n) is 5.34. The molecule has 0 saturated carbocycles. The van der Waals surface area contributed by atoms with Crippen LogP contribution in [-0.4, -0.2) is 29.0 Å². The van der Waals surface area contributed by atoms with Gasteiger partial charge >= 0.3 is 0 Å². The minimum atomic E-state index is 0.567. The van der Waals surface area contributed by atoms with E-state index in [1.807, 2.05) is 6.20 Å². The Balaban J connectivity index is 2.02. The van der Waals surface area contributed by atoms with Gasteiger partial charge in [-0.15, -0.1) is 0 Å². The number of rotatable bonds is 3. The van der Waals surface area contributed by atoms with Crippen LogP contribution in [0.4, 0.5) is 0 Å². The summed E-state index contributed by atoms with van der Waals surface area (Å²) in [7, 11) is 0. The van der Waals surface area contributed by atoms with Crippen molar-refractivity contribution in [2.45, 2.75) is 25.4 Å². The quantitative estimate of drug-likeness (QED) is 0.851. The maximum Gasteiger partial charge on any atom is 0.106 e. The number of nitrogens with two attached hydrogens (primary N) is 1. The average molecular weight is 270 g/mol. The lowest BCUT2D eigenvalue weighted by Gasteiger charge is -2.22. The van der Waals surface area contributed by atoms with Gasteiger partial charge in [-0.25, -0.2) is 4.98 Å². The zero-order valence-corrected chi connectivity index (χ0v) is 10.3. The van der Waals surface area contributed by atoms with Crippen molar-refractivity contribution in [3.05, 3.63) is 28.5 Å². The molecule has 4 heteroatoms. The SMILES string of the molecule is NCC1CCCN1Cc1ccnc(Br)c1. The Hall–Kier alpha value is -0.450. The third-order valence-electron chi connectivity index (χ3n) is 2.95. The summed E-state index contributed by atoms with van der Waals surface area (Å²) in [6, 6.07) is 4.71. The largest absolute Gasteiger partial charge is 0.329 e. The highest BCUT2D eigenvalue weighted by Gasteiger charge is 2.22. The van der Waals surface area contributed by atoms with Crippen molar-refractivity contribution in [1.29, 1.82) is 0 Å². The Morgan fingerprint density at radius 1 is 1.60 bits per heavy atom. The molecule has 2 rings (SSSR count). The van der Waals surface area contributed by atoms with Gasteiger partial charge in [-0.2, -0.15) is 0 Å². The van der Waals surface area contributed by atoms with Crippen LogP contribution in [0.15, 0.2) is 22.9 Å². The van der Waals surface area contributed by atoms with Gasteiger partial charge in [0.1, 0.15) is 4.60 Å². The summed E-state index contributed by atoms with van der Waals surface area (Å²) >= 11 is 3.39. The fourth-order valence-corrected chi connectivity index (χ4v) is 2.56. The summed E-state index contributed by atoms with van der Waals surface area (Å²) in [6.45, 7) is 2.93. The third kappa shape index (κ3) is 2.77. The first kappa shape index (κ1) is 11.0. The van der Waals surface area contributed by atoms with Crippen molar-refractivity contribution in [2.24, 2.45) is 5.73 Å². The van der Waals surface area contributed by atoms with Gasteiger partial charge in [-0.3, -0.25) is 4.90 Å². The van der Waals surface area contributed by atoms with Crippen molar-refractivity contribution in [3.8, 4) is 0 Å². The molecule has 1 aromatic rings. The van der Waals surface area contributed by atoms with E-state index in [0.717, 1.165) is 17.7 Å². The number of hydrogen-bond acceptors (Lipinski definition) is 3. The lowest BCUT2D eigenvalue weighted by molar-refractivity contribution is 0.250. The molecule has 1 aliphatic heterocycles. The number of aromatic nitrogens is 1. The van der Waals surface area contributed by atoms with Crippen molar-refractivity contribution < 1.29 is 0 Å². The predicted molar refractivity (Wildman–Crippen MR) is 64.4 cm³/mol. The fraction of sp³-hybridized carbons (Fsp3) is 0.545. The van der Waals surface area contributed by atoms with Crippen LogP contribution in [-0.2, 0) is 6.54 Å². The molecular formula is C11H16BrN3. The zero-order valence-electron chi connectivity index (χ0n) is 8.69. The van der Waals surface area contributed by atoms with Crippen LogP contribution in [0.25, 0.3) is 0 Å². The second-order valence-electron chi connectivity index (χ2n) is 3.99. The highest BCUT2D eigenvalue weighted by atomic mass is 79.9. The van der Waals surface area contributed by atoms with Gasteiger partial charge in [-0.1, -0.05) is 0 Å². The number of hydrogen-bond donors (Lipinski definition) is 1. The van der Waals surface area contributed by atoms with E-state index in [1.165, 1.54) is 24.9 Å². The predicted octanol–water partition coefficient (Wildman–Crippen LogP) is 1.77. The maximum atomic E-state index is 5.74. The van der Waals surface area contributed by atoms with Crippen LogP contribution in [0.1, 0.15) is 18.4 Å². The van der Waals surface area contributed by atoms with Gasteiger partial charge in [0.25, 0.3) is 0 Å². The van der Waals surface area contributed by atoms with E-state index in [2.05, 4.69) is 37.9 Å². The van der Waals surface area contributed by atoms with Gasteiger partial charge in [0.15, 0.2) is 0 Å². The van der Waals surface area contributed by atoms with Crippen LogP contribution in [0.5, 0.6) is 0 Å². The summed E-state index contributed by atoms with van der Waals surface area (Å²) in [5, 5.41) is 0. The molecule has 1 aliphatic rings. The summed E-state index contributed by atoms with van der Waals surface area (Å²) in [4.78, 5) is 6.59. The van der Waals surface area contributed by atoms with Gasteiger partial charge < -0.3 is 5.73 Å². The Kier molecular flexibility index (Phi) is 3.72. The van der Waals surface area contributed by atoms with Crippen molar-refractivity contribution in [3.63, 3.8) is 0 Å². The molecule has 0 spiro atoms. The lowest BCUT2D eigenvalue weighted by Crippen LogP contribution is -2.34. The second kappa shape index (κ2) is 5.05. The highest BCUT2D eigenvalue weighted by Crippen LogP contribution is 2.19. The van der Waals surface area contributed by atoms with Crippen LogP contribution in [0.3, 0.4) is 0 Å². The van der Waals surface area contributed by atoms with E-state index in [9.17, 15) is 0 Å². The zero-order chi connectivity index (χ0) is 10.7. The van der Waals surface area contributed by atoms with Gasteiger partial charge in [0, 0.05) is 25.3 Å². The van der Waals surface area contributed by atoms with E-state index >= 15 is 0 Å². The van der Waals surface area contributed by atoms with E-state index in [1.54, 1.807) is 0 Å². The first-order valence-corrected chi connectivity index (χ1v) is 6.13. The summed E-state index contributed by atoms with van der Waals surface area (Å²) in [5.74, 6) is 0. The van der Waals surface area contributed by atoms with Crippen molar-refractivity contribution >= 4 is 15.9 Å². The minimum Gasteiger partial charge on any atom is -0.329 e. The summed E-state index contributed by atoms with van der Waals surface area (Å²) < 4.78 is 0.906. The molecule has 1 unspecified atom stereocenters. The summed E-state index contributed by atoms with van der Waals surface area (Å²) in [5.41, 5.74) is 7.05. The Morgan fingerprint density at radius 2 is 2.47 bits per heavy atom. The molecule has 2 heterocycles. The molecule has 82 valence electrons. The molecular weight excluding hydrogens is 254 g/mol. The molecule has 0 amide bonds. The molecule has 15 heavy (non-hydrogen) atoms. The standard InChI is InChI=1S/C11H16BrN3/c12-11-6-9(3-4-14-11)8-15-5-1-2-10(15)7-13/h3-4,6,10H,1-2,5,7-8,13H2. The molecule has 1 saturated heterocycles. The molecule has 2 N–H and O–H groups in total. The number of likely N-dealkylation sites (tertiary alicyclic amines) is 1. The Morgan fingerprint density at radius 3 is 3.20 bits per heavy atom. The Bertz CT molecular complexity index is 329. The number of halogens is 1. The number of nitrogens with zero attached hydrogens (tertiary/aromatic N) is 2. The Labute approximate surface area is 98.8 Å². The fourth-order valence-electron chi connectivity index (χ4n) is 2.15. The van der Waals surface area contributed by atoms with E-state index in [4.69, 9.17) is 5.73 Å². The highest BCUT2D eigenvalue weighted by molar-refractivity contribution is 9.10. The van der Waals surface area contributed by atoms with Gasteiger partial charge in [-0.05, 0) is 53.0 Å². The third-order valence-corrected chi connectivity index (χ3v) is 3.38. The molecule has 0 radical (unpaired) electrons. The van der Waals surface area contributed by atoms with Crippen molar-refractivity contribution in [1.82, 2.24) is 9.88 Å². The van der Waals surface area contributed by atoms with Crippen LogP contribution in [0.2, 0.25) is 0 Å². The first-order chi connectivity index (χ1) is 7.29. The molecule has 0 bridgehead atoms. The smallest absolute Gasteiger partial charge is 0.106 e. The second-order valence-corrected chi connectivity index (χ2v) is 4.80. The van der Waals surface area contributed by atoms with Gasteiger partial charge in [0.05, 0.1) is 0 Å².